The molecule has 10 radical (unpaired) electrons. The van der Waals surface area contributed by atoms with E-state index in [-0.39, 0.29) is 598 Å². The number of hydrogen-bond acceptors (Lipinski definition) is 0. The van der Waals surface area contributed by atoms with Gasteiger partial charge in [-0.1, -0.05) is 0 Å². The van der Waals surface area contributed by atoms with E-state index in [0.717, 1.165) is 0 Å². The van der Waals surface area contributed by atoms with Crippen LogP contribution in [0.2, 0.25) is 0 Å². The van der Waals surface area contributed by atoms with Crippen molar-refractivity contribution >= 4 is 0 Å². The Morgan fingerprint density at radius 2 is 0.0227 bits per heavy atom. The minimum atomic E-state index is 0. The zero-order valence-electron chi connectivity index (χ0n) is 35.4. The first kappa shape index (κ1) is 166000. The van der Waals surface area contributed by atoms with E-state index in [1.54, 1.807) is 0 Å². The molecule has 0 saturated heterocycles. The Kier molecular flexibility index (Phi) is 303000000. The molecule has 88 heavy (non-hydrogen) atoms. The second-order valence-electron chi connectivity index (χ2n) is 0. The Bertz CT molecular complexity index is 44.9. The van der Waals surface area contributed by atoms with Crippen molar-refractivity contribution in [1.29, 1.82) is 0 Å². The van der Waals surface area contributed by atoms with Crippen LogP contribution in [0.15, 0.2) is 0 Å². The number of rotatable bonds is 0. The second kappa shape index (κ2) is 161000. The molecule has 0 aromatic carbocycles. The first-order valence-corrected chi connectivity index (χ1v) is 0. The van der Waals surface area contributed by atoms with Crippen LogP contribution in [-0.4, -0.2) is 0 Å². The van der Waals surface area contributed by atoms with Crippen molar-refractivity contribution in [3.8, 4) is 0 Å². The fourth-order valence-corrected chi connectivity index (χ4v) is 0. The molecular weight excluding hydrogens is 1810 g/mol. The molecule has 0 aromatic heterocycles. The van der Waals surface area contributed by atoms with Crippen LogP contribution in [0.4, 0.5) is 0 Å². The Balaban J connectivity index is 0. The fraction of sp³-hybridized carbons (Fsp3) is 0. The summed E-state index contributed by atoms with van der Waals surface area (Å²) >= 11 is 0. The molecule has 0 aliphatic rings. The summed E-state index contributed by atoms with van der Waals surface area (Å²) in [6, 6.07) is 0. The predicted octanol–water partition coefficient (Wildman–Crippen LogP) is -9.29. The van der Waals surface area contributed by atoms with Gasteiger partial charge in [-0.05, 0) is 0 Å². The number of hydrogen-bond donors (Lipinski definition) is 0. The fourth-order valence-electron chi connectivity index (χ4n) is 0. The van der Waals surface area contributed by atoms with Crippen molar-refractivity contribution in [3.63, 3.8) is 0 Å². The van der Waals surface area contributed by atoms with Gasteiger partial charge in [0.2, 0.25) is 0 Å². The molecule has 0 saturated carbocycles. The molecule has 0 bridgehead atoms. The summed E-state index contributed by atoms with van der Waals surface area (Å²) in [6.07, 6.45) is 0. The average Bonchev–Trinajstić information content (AvgIpc) is 0. The van der Waals surface area contributed by atoms with E-state index in [4.69, 9.17) is 0 Å². The van der Waals surface area contributed by atoms with Crippen LogP contribution in [0.1, 0.15) is 0 Å². The van der Waals surface area contributed by atoms with Gasteiger partial charge in [0.15, 0.2) is 0 Å². The average molecular weight is 1810 g/mol. The Morgan fingerprint density at radius 1 is 0.0227 bits per heavy atom. The van der Waals surface area contributed by atoms with E-state index < -0.39 is 0 Å². The summed E-state index contributed by atoms with van der Waals surface area (Å²) < 4.78 is 0. The molecule has 0 aliphatic carbocycles. The molecule has 0 amide bonds. The molecule has 0 aliphatic heterocycles. The topological polar surface area (TPSA) is 2220 Å². The molecule has 0 atom stereocenters. The summed E-state index contributed by atoms with van der Waals surface area (Å²) in [5, 5.41) is 0. The van der Waals surface area contributed by atoms with Crippen LogP contribution in [0.5, 0.6) is 0 Å². The standard InChI is InChI=1S/10Fe.78O/q10*+3;78*-2. The molecule has 0 rings (SSSR count). The van der Waals surface area contributed by atoms with E-state index in [9.17, 15) is 0 Å². The summed E-state index contributed by atoms with van der Waals surface area (Å²) in [4.78, 5) is 0. The molecule has 0 aromatic rings. The summed E-state index contributed by atoms with van der Waals surface area (Å²) in [5.41, 5.74) is 0. The third kappa shape index (κ3) is 155000. The van der Waals surface area contributed by atoms with Gasteiger partial charge in [0.25, 0.3) is 0 Å². The normalized spacial score (nSPS) is 0. The van der Waals surface area contributed by atoms with Gasteiger partial charge < -0.3 is 427 Å². The van der Waals surface area contributed by atoms with Gasteiger partial charge in [0, 0.05) is 0 Å². The SMILES string of the molecule is [Fe+3].[Fe+3].[Fe+3].[Fe+3].[Fe+3].[Fe+3].[Fe+3].[Fe+3].[Fe+3].[Fe+3].[O-2].[O-2].[O-2].[O-2].[O-2].[O-2].[O-2].[O-2].[O-2].[O-2].[O-2].[O-2].[O-2].[O-2].[O-2].[O-2].[O-2].[O-2].[O-2].[O-2].[O-2].[O-2].[O-2].[O-2].[O-2].[O-2].[O-2].[O-2].[O-2].[O-2].[O-2].[O-2].[O-2].[O-2].[O-2].[O-2].[O-2].[O-2].[O-2].[O-2].[O-2].[O-2].[O-2].[O-2].[O-2].[O-2].[O-2].[O-2].[O-2].[O-2].[O-2].[O-2].[O-2].[O-2].[O-2].[O-2].[O-2].[O-2].[O-2].[O-2].[O-2].[O-2].[O-2].[O-2].[O-2].[O-2].[O-2].[O-2].[O-2].[O-2].[O-2].[O-2].[O-2].[O-2].[O-2].[O-2].[O-2].[O-2]. The van der Waals surface area contributed by atoms with E-state index >= 15 is 0 Å². The molecule has 674 valence electrons. The molecule has 0 heterocycles. The van der Waals surface area contributed by atoms with Crippen LogP contribution in [0, 0.1) is 0 Å². The van der Waals surface area contributed by atoms with Crippen molar-refractivity contribution in [1.82, 2.24) is 0 Å². The van der Waals surface area contributed by atoms with Crippen LogP contribution in [-0.2, 0) is 598 Å². The Morgan fingerprint density at radius 3 is 0.0227 bits per heavy atom. The molecule has 0 unspecified atom stereocenters. The van der Waals surface area contributed by atoms with E-state index in [1.165, 1.54) is 0 Å². The van der Waals surface area contributed by atoms with Crippen LogP contribution in [0.25, 0.3) is 0 Å². The van der Waals surface area contributed by atoms with Crippen molar-refractivity contribution in [3.05, 3.63) is 0 Å². The van der Waals surface area contributed by atoms with Gasteiger partial charge in [-0.15, -0.1) is 0 Å². The zero-order chi connectivity index (χ0) is 0. The van der Waals surface area contributed by atoms with Crippen LogP contribution in [0.3, 0.4) is 0 Å². The first-order valence-electron chi connectivity index (χ1n) is 0. The maximum atomic E-state index is 0. The van der Waals surface area contributed by atoms with Crippen molar-refractivity contribution < 1.29 is 598 Å². The first-order chi connectivity index (χ1) is 0. The maximum absolute atomic E-state index is 0. The monoisotopic (exact) mass is 1810 g/mol. The minimum absolute atomic E-state index is 0. The van der Waals surface area contributed by atoms with Crippen molar-refractivity contribution in [2.24, 2.45) is 0 Å². The van der Waals surface area contributed by atoms with Crippen molar-refractivity contribution in [2.45, 2.75) is 0 Å². The molecule has 0 fully saturated rings. The molecular formula is Fe10O78-126. The van der Waals surface area contributed by atoms with Gasteiger partial charge in [-0.3, -0.25) is 0 Å². The van der Waals surface area contributed by atoms with E-state index in [2.05, 4.69) is 0 Å². The van der Waals surface area contributed by atoms with Crippen LogP contribution < -0.4 is 0 Å². The van der Waals surface area contributed by atoms with Crippen LogP contribution >= 0.6 is 0 Å². The largest absolute Gasteiger partial charge is 3.00 e. The van der Waals surface area contributed by atoms with Gasteiger partial charge >= 0.3 is 171 Å². The van der Waals surface area contributed by atoms with Crippen molar-refractivity contribution in [2.75, 3.05) is 0 Å². The van der Waals surface area contributed by atoms with E-state index in [1.807, 2.05) is 0 Å². The van der Waals surface area contributed by atoms with Gasteiger partial charge in [-0.2, -0.15) is 0 Å². The zero-order valence-corrected chi connectivity index (χ0v) is 46.4. The summed E-state index contributed by atoms with van der Waals surface area (Å²) in [5.74, 6) is 0. The predicted molar refractivity (Wildman–Crippen MR) is 53.5 cm³/mol. The Labute approximate surface area is 595 Å². The maximum Gasteiger partial charge on any atom is 3.00 e. The molecule has 88 heteroatoms. The molecule has 0 N–H and O–H groups in total. The second-order valence-corrected chi connectivity index (χ2v) is 0. The van der Waals surface area contributed by atoms with E-state index in [0.29, 0.717) is 0 Å². The quantitative estimate of drug-likeness (QED) is 0.204. The van der Waals surface area contributed by atoms with Gasteiger partial charge in [0.05, 0.1) is 0 Å². The van der Waals surface area contributed by atoms with Gasteiger partial charge in [0.1, 0.15) is 0 Å². The third-order valence-electron chi connectivity index (χ3n) is 0. The summed E-state index contributed by atoms with van der Waals surface area (Å²) in [6.45, 7) is 0. The Hall–Kier alpha value is 2.07. The van der Waals surface area contributed by atoms with Gasteiger partial charge in [-0.25, -0.2) is 0 Å². The minimum Gasteiger partial charge on any atom is -2.00 e. The smallest absolute Gasteiger partial charge is 2.00 e. The third-order valence-corrected chi connectivity index (χ3v) is 0. The molecule has 0 spiro atoms. The molecule has 78 nitrogen and oxygen atoms in total. The summed E-state index contributed by atoms with van der Waals surface area (Å²) in [7, 11) is 0.